The van der Waals surface area contributed by atoms with Gasteiger partial charge in [0.2, 0.25) is 15.8 Å². The van der Waals surface area contributed by atoms with E-state index < -0.39 is 32.0 Å². The van der Waals surface area contributed by atoms with Crippen molar-refractivity contribution in [2.24, 2.45) is 0 Å². The number of rotatable bonds is 6. The van der Waals surface area contributed by atoms with E-state index in [4.69, 9.17) is 0 Å². The molecule has 0 aliphatic carbocycles. The second-order valence-electron chi connectivity index (χ2n) is 5.00. The Morgan fingerprint density at radius 3 is 2.50 bits per heavy atom. The zero-order valence-corrected chi connectivity index (χ0v) is 12.1. The summed E-state index contributed by atoms with van der Waals surface area (Å²) < 4.78 is 38.1. The summed E-state index contributed by atoms with van der Waals surface area (Å²) in [6.07, 6.45) is 1.01. The molecule has 0 aliphatic heterocycles. The Labute approximate surface area is 116 Å². The predicted octanol–water partition coefficient (Wildman–Crippen LogP) is 1.47. The number of nitrogens with one attached hydrogen (secondary N) is 2. The van der Waals surface area contributed by atoms with Crippen LogP contribution in [-0.2, 0) is 10.0 Å². The van der Waals surface area contributed by atoms with E-state index in [1.165, 1.54) is 12.1 Å². The van der Waals surface area contributed by atoms with Gasteiger partial charge in [-0.25, -0.2) is 13.1 Å². The summed E-state index contributed by atoms with van der Waals surface area (Å²) in [5, 5.41) is 13.5. The molecule has 2 N–H and O–H groups in total. The molecule has 0 saturated heterocycles. The van der Waals surface area contributed by atoms with Crippen LogP contribution >= 0.6 is 0 Å². The molecule has 112 valence electrons. The number of hydrogen-bond donors (Lipinski definition) is 2. The quantitative estimate of drug-likeness (QED) is 0.612. The van der Waals surface area contributed by atoms with Crippen molar-refractivity contribution < 1.29 is 17.7 Å². The number of nitro benzene ring substituents is 1. The highest BCUT2D eigenvalue weighted by molar-refractivity contribution is 7.88. The molecule has 0 saturated carbocycles. The summed E-state index contributed by atoms with van der Waals surface area (Å²) in [7, 11) is -3.42. The number of halogens is 1. The predicted molar refractivity (Wildman–Crippen MR) is 73.6 cm³/mol. The van der Waals surface area contributed by atoms with Gasteiger partial charge in [-0.15, -0.1) is 0 Å². The highest BCUT2D eigenvalue weighted by Crippen LogP contribution is 2.27. The first-order valence-corrected chi connectivity index (χ1v) is 7.57. The number of nitro groups is 1. The first-order valence-electron chi connectivity index (χ1n) is 5.67. The molecule has 1 aromatic carbocycles. The van der Waals surface area contributed by atoms with Crippen LogP contribution in [0.3, 0.4) is 0 Å². The molecule has 9 heteroatoms. The average Bonchev–Trinajstić information content (AvgIpc) is 2.22. The van der Waals surface area contributed by atoms with Crippen molar-refractivity contribution in [3.63, 3.8) is 0 Å². The van der Waals surface area contributed by atoms with Crippen LogP contribution in [0.4, 0.5) is 15.8 Å². The number of benzene rings is 1. The van der Waals surface area contributed by atoms with Gasteiger partial charge in [-0.1, -0.05) is 6.07 Å². The lowest BCUT2D eigenvalue weighted by atomic mass is 10.1. The zero-order chi connectivity index (χ0) is 15.6. The van der Waals surface area contributed by atoms with Gasteiger partial charge in [0.05, 0.1) is 11.2 Å². The molecule has 0 unspecified atom stereocenters. The van der Waals surface area contributed by atoms with Crippen LogP contribution in [0, 0.1) is 15.9 Å². The second-order valence-corrected chi connectivity index (χ2v) is 6.75. The number of hydrogen-bond acceptors (Lipinski definition) is 5. The van der Waals surface area contributed by atoms with Crippen molar-refractivity contribution >= 4 is 21.4 Å². The standard InChI is InChI=1S/C11H16FN3O4S/c1-11(2,14-20(3,18)19)7-13-9-6-4-5-8(12)10(9)15(16)17/h4-6,13-14H,7H2,1-3H3. The second kappa shape index (κ2) is 5.71. The Balaban J connectivity index is 2.91. The van der Waals surface area contributed by atoms with Crippen molar-refractivity contribution in [2.75, 3.05) is 18.1 Å². The van der Waals surface area contributed by atoms with Crippen molar-refractivity contribution in [2.45, 2.75) is 19.4 Å². The monoisotopic (exact) mass is 305 g/mol. The maximum atomic E-state index is 13.4. The van der Waals surface area contributed by atoms with Gasteiger partial charge in [0.15, 0.2) is 0 Å². The third-order valence-corrected chi connectivity index (χ3v) is 3.28. The van der Waals surface area contributed by atoms with E-state index in [9.17, 15) is 22.9 Å². The van der Waals surface area contributed by atoms with E-state index >= 15 is 0 Å². The number of nitrogens with zero attached hydrogens (tertiary/aromatic N) is 1. The van der Waals surface area contributed by atoms with Crippen LogP contribution in [-0.4, -0.2) is 31.7 Å². The van der Waals surface area contributed by atoms with Crippen molar-refractivity contribution in [3.05, 3.63) is 34.1 Å². The molecular weight excluding hydrogens is 289 g/mol. The molecule has 0 bridgehead atoms. The molecule has 0 radical (unpaired) electrons. The minimum absolute atomic E-state index is 0.00150. The van der Waals surface area contributed by atoms with Crippen LogP contribution in [0.15, 0.2) is 18.2 Å². The number of para-hydroxylation sites is 1. The normalized spacial score (nSPS) is 12.2. The van der Waals surface area contributed by atoms with Crippen LogP contribution in [0.1, 0.15) is 13.8 Å². The van der Waals surface area contributed by atoms with Crippen LogP contribution < -0.4 is 10.0 Å². The molecule has 0 spiro atoms. The molecular formula is C11H16FN3O4S. The fraction of sp³-hybridized carbons (Fsp3) is 0.455. The largest absolute Gasteiger partial charge is 0.378 e. The van der Waals surface area contributed by atoms with Gasteiger partial charge in [0, 0.05) is 12.1 Å². The van der Waals surface area contributed by atoms with Crippen LogP contribution in [0.25, 0.3) is 0 Å². The van der Waals surface area contributed by atoms with Gasteiger partial charge in [-0.2, -0.15) is 4.39 Å². The van der Waals surface area contributed by atoms with E-state index in [2.05, 4.69) is 10.0 Å². The maximum Gasteiger partial charge on any atom is 0.327 e. The van der Waals surface area contributed by atoms with Crippen LogP contribution in [0.2, 0.25) is 0 Å². The molecule has 0 aromatic heterocycles. The van der Waals surface area contributed by atoms with Crippen molar-refractivity contribution in [1.82, 2.24) is 4.72 Å². The summed E-state index contributed by atoms with van der Waals surface area (Å²) in [6, 6.07) is 3.68. The highest BCUT2D eigenvalue weighted by Gasteiger charge is 2.25. The molecule has 20 heavy (non-hydrogen) atoms. The van der Waals surface area contributed by atoms with Crippen molar-refractivity contribution in [3.8, 4) is 0 Å². The van der Waals surface area contributed by atoms with Gasteiger partial charge in [-0.3, -0.25) is 10.1 Å². The summed E-state index contributed by atoms with van der Waals surface area (Å²) in [5.41, 5.74) is -1.55. The minimum Gasteiger partial charge on any atom is -0.378 e. The lowest BCUT2D eigenvalue weighted by molar-refractivity contribution is -0.386. The smallest absolute Gasteiger partial charge is 0.327 e. The van der Waals surface area contributed by atoms with Gasteiger partial charge in [0.25, 0.3) is 0 Å². The summed E-state index contributed by atoms with van der Waals surface area (Å²) in [5.74, 6) is -0.950. The zero-order valence-electron chi connectivity index (χ0n) is 11.3. The molecule has 0 heterocycles. The molecule has 1 aromatic rings. The first-order chi connectivity index (χ1) is 9.02. The average molecular weight is 305 g/mol. The maximum absolute atomic E-state index is 13.4. The van der Waals surface area contributed by atoms with E-state index in [0.717, 1.165) is 12.3 Å². The third-order valence-electron chi connectivity index (χ3n) is 2.35. The SMILES string of the molecule is CC(C)(CNc1cccc(F)c1[N+](=O)[O-])NS(C)(=O)=O. The molecule has 0 aliphatic rings. The lowest BCUT2D eigenvalue weighted by Crippen LogP contribution is -2.47. The van der Waals surface area contributed by atoms with E-state index in [-0.39, 0.29) is 12.2 Å². The molecule has 0 atom stereocenters. The minimum atomic E-state index is -3.42. The first kappa shape index (κ1) is 16.3. The van der Waals surface area contributed by atoms with Crippen molar-refractivity contribution in [1.29, 1.82) is 0 Å². The number of anilines is 1. The summed E-state index contributed by atoms with van der Waals surface area (Å²) in [4.78, 5) is 9.99. The molecule has 0 fully saturated rings. The van der Waals surface area contributed by atoms with Gasteiger partial charge >= 0.3 is 5.69 Å². The number of sulfonamides is 1. The van der Waals surface area contributed by atoms with E-state index in [0.29, 0.717) is 0 Å². The van der Waals surface area contributed by atoms with Crippen LogP contribution in [0.5, 0.6) is 0 Å². The van der Waals surface area contributed by atoms with E-state index in [1.54, 1.807) is 13.8 Å². The van der Waals surface area contributed by atoms with Gasteiger partial charge in [0.1, 0.15) is 5.69 Å². The Morgan fingerprint density at radius 2 is 2.00 bits per heavy atom. The Hall–Kier alpha value is -1.74. The van der Waals surface area contributed by atoms with Gasteiger partial charge < -0.3 is 5.32 Å². The molecule has 7 nitrogen and oxygen atoms in total. The summed E-state index contributed by atoms with van der Waals surface area (Å²) >= 11 is 0. The Morgan fingerprint density at radius 1 is 1.40 bits per heavy atom. The topological polar surface area (TPSA) is 101 Å². The van der Waals surface area contributed by atoms with Gasteiger partial charge in [-0.05, 0) is 26.0 Å². The highest BCUT2D eigenvalue weighted by atomic mass is 32.2. The van der Waals surface area contributed by atoms with E-state index in [1.807, 2.05) is 0 Å². The molecule has 1 rings (SSSR count). The Kier molecular flexibility index (Phi) is 4.66. The Bertz CT molecular complexity index is 616. The third kappa shape index (κ3) is 4.74. The summed E-state index contributed by atoms with van der Waals surface area (Å²) in [6.45, 7) is 3.27. The fourth-order valence-electron chi connectivity index (χ4n) is 1.70. The lowest BCUT2D eigenvalue weighted by Gasteiger charge is -2.25. The molecule has 0 amide bonds. The fourth-order valence-corrected chi connectivity index (χ4v) is 2.77.